The Morgan fingerprint density at radius 1 is 1.50 bits per heavy atom. The minimum atomic E-state index is 0.719. The van der Waals surface area contributed by atoms with Crippen LogP contribution in [0.1, 0.15) is 15.5 Å². The monoisotopic (exact) mass is 204 g/mol. The first-order valence-corrected chi connectivity index (χ1v) is 5.01. The molecule has 0 fully saturated rings. The molecule has 0 aromatic carbocycles. The predicted molar refractivity (Wildman–Crippen MR) is 55.5 cm³/mol. The summed E-state index contributed by atoms with van der Waals surface area (Å²) >= 11 is 1.42. The largest absolute Gasteiger partial charge is 0.297 e. The number of thiophene rings is 1. The molecule has 0 amide bonds. The van der Waals surface area contributed by atoms with Crippen LogP contribution in [-0.2, 0) is 0 Å². The first kappa shape index (κ1) is 9.02. The molecular weight excluding hydrogens is 196 g/mol. The Kier molecular flexibility index (Phi) is 2.37. The maximum Gasteiger partial charge on any atom is 0.160 e. The average molecular weight is 204 g/mol. The van der Waals surface area contributed by atoms with Gasteiger partial charge in [0, 0.05) is 17.1 Å². The number of hydrogen-bond donors (Lipinski definition) is 0. The van der Waals surface area contributed by atoms with Crippen LogP contribution in [0.2, 0.25) is 0 Å². The van der Waals surface area contributed by atoms with Crippen molar-refractivity contribution in [3.05, 3.63) is 34.4 Å². The Hall–Kier alpha value is -1.55. The Morgan fingerprint density at radius 2 is 2.36 bits per heavy atom. The molecule has 70 valence electrons. The summed E-state index contributed by atoms with van der Waals surface area (Å²) in [6.45, 7) is 1.84. The third-order valence-corrected chi connectivity index (χ3v) is 2.67. The van der Waals surface area contributed by atoms with Crippen molar-refractivity contribution in [1.29, 1.82) is 0 Å². The Balaban J connectivity index is 2.43. The minimum absolute atomic E-state index is 0.719. The highest BCUT2D eigenvalue weighted by Crippen LogP contribution is 2.22. The molecule has 0 bridgehead atoms. The van der Waals surface area contributed by atoms with Gasteiger partial charge >= 0.3 is 0 Å². The summed E-state index contributed by atoms with van der Waals surface area (Å²) in [7, 11) is 0. The lowest BCUT2D eigenvalue weighted by Crippen LogP contribution is -1.88. The zero-order valence-electron chi connectivity index (χ0n) is 7.60. The molecule has 2 heterocycles. The topological polar surface area (TPSA) is 42.9 Å². The molecule has 0 radical (unpaired) electrons. The van der Waals surface area contributed by atoms with Crippen LogP contribution >= 0.6 is 11.3 Å². The summed E-state index contributed by atoms with van der Waals surface area (Å²) < 4.78 is 0. The summed E-state index contributed by atoms with van der Waals surface area (Å²) in [6, 6.07) is 3.67. The maximum absolute atomic E-state index is 10.5. The molecule has 2 aromatic rings. The number of aryl methyl sites for hydroxylation is 1. The number of nitrogens with zero attached hydrogens (tertiary/aromatic N) is 2. The Morgan fingerprint density at radius 3 is 3.00 bits per heavy atom. The minimum Gasteiger partial charge on any atom is -0.297 e. The summed E-state index contributed by atoms with van der Waals surface area (Å²) in [5, 5.41) is 1.92. The first-order valence-electron chi connectivity index (χ1n) is 4.13. The molecule has 0 atom stereocenters. The van der Waals surface area contributed by atoms with E-state index in [0.717, 1.165) is 28.2 Å². The van der Waals surface area contributed by atoms with Crippen LogP contribution in [0.3, 0.4) is 0 Å². The SMILES string of the molecule is Cc1nccc(-c2csc(C=O)c2)n1. The highest BCUT2D eigenvalue weighted by Gasteiger charge is 2.03. The van der Waals surface area contributed by atoms with Gasteiger partial charge in [-0.3, -0.25) is 4.79 Å². The van der Waals surface area contributed by atoms with Crippen LogP contribution in [0.4, 0.5) is 0 Å². The molecule has 0 aliphatic carbocycles. The number of aldehydes is 1. The van der Waals surface area contributed by atoms with Crippen molar-refractivity contribution >= 4 is 17.6 Å². The third-order valence-electron chi connectivity index (χ3n) is 1.81. The van der Waals surface area contributed by atoms with Gasteiger partial charge in [0.25, 0.3) is 0 Å². The number of carbonyl (C=O) groups is 1. The lowest BCUT2D eigenvalue weighted by atomic mass is 10.2. The van der Waals surface area contributed by atoms with E-state index in [0.29, 0.717) is 0 Å². The molecule has 0 N–H and O–H groups in total. The predicted octanol–water partition coefficient (Wildman–Crippen LogP) is 2.33. The maximum atomic E-state index is 10.5. The molecule has 0 saturated heterocycles. The fourth-order valence-electron chi connectivity index (χ4n) is 1.17. The molecule has 0 aliphatic rings. The van der Waals surface area contributed by atoms with Crippen LogP contribution in [0.15, 0.2) is 23.7 Å². The number of carbonyl (C=O) groups excluding carboxylic acids is 1. The van der Waals surface area contributed by atoms with E-state index in [-0.39, 0.29) is 0 Å². The second-order valence-corrected chi connectivity index (χ2v) is 3.79. The Labute approximate surface area is 85.5 Å². The average Bonchev–Trinajstić information content (AvgIpc) is 2.66. The van der Waals surface area contributed by atoms with Gasteiger partial charge in [-0.05, 0) is 19.1 Å². The number of hydrogen-bond acceptors (Lipinski definition) is 4. The van der Waals surface area contributed by atoms with E-state index in [4.69, 9.17) is 0 Å². The van der Waals surface area contributed by atoms with Crippen LogP contribution in [0.5, 0.6) is 0 Å². The molecule has 0 spiro atoms. The van der Waals surface area contributed by atoms with Crippen molar-refractivity contribution in [3.63, 3.8) is 0 Å². The van der Waals surface area contributed by atoms with Crippen molar-refractivity contribution in [2.45, 2.75) is 6.92 Å². The number of aromatic nitrogens is 2. The highest BCUT2D eigenvalue weighted by atomic mass is 32.1. The Bertz CT molecular complexity index is 465. The fourth-order valence-corrected chi connectivity index (χ4v) is 1.87. The molecule has 3 nitrogen and oxygen atoms in total. The van der Waals surface area contributed by atoms with Gasteiger partial charge in [-0.15, -0.1) is 11.3 Å². The van der Waals surface area contributed by atoms with Crippen LogP contribution in [0.25, 0.3) is 11.3 Å². The van der Waals surface area contributed by atoms with Gasteiger partial charge in [-0.1, -0.05) is 0 Å². The smallest absolute Gasteiger partial charge is 0.160 e. The van der Waals surface area contributed by atoms with Gasteiger partial charge in [-0.25, -0.2) is 9.97 Å². The summed E-state index contributed by atoms with van der Waals surface area (Å²) in [6.07, 6.45) is 2.57. The molecular formula is C10H8N2OS. The normalized spacial score (nSPS) is 10.1. The highest BCUT2D eigenvalue weighted by molar-refractivity contribution is 7.12. The number of rotatable bonds is 2. The fraction of sp³-hybridized carbons (Fsp3) is 0.100. The molecule has 2 aromatic heterocycles. The van der Waals surface area contributed by atoms with Crippen molar-refractivity contribution in [1.82, 2.24) is 9.97 Å². The van der Waals surface area contributed by atoms with Crippen molar-refractivity contribution in [2.75, 3.05) is 0 Å². The first-order chi connectivity index (χ1) is 6.79. The summed E-state index contributed by atoms with van der Waals surface area (Å²) in [4.78, 5) is 19.5. The van der Waals surface area contributed by atoms with E-state index in [1.54, 1.807) is 6.20 Å². The lowest BCUT2D eigenvalue weighted by molar-refractivity contribution is 0.112. The van der Waals surface area contributed by atoms with Gasteiger partial charge < -0.3 is 0 Å². The van der Waals surface area contributed by atoms with E-state index in [2.05, 4.69) is 9.97 Å². The van der Waals surface area contributed by atoms with Gasteiger partial charge in [0.2, 0.25) is 0 Å². The van der Waals surface area contributed by atoms with E-state index in [1.165, 1.54) is 11.3 Å². The zero-order chi connectivity index (χ0) is 9.97. The molecule has 2 rings (SSSR count). The molecule has 0 aliphatic heterocycles. The second-order valence-electron chi connectivity index (χ2n) is 2.84. The molecule has 14 heavy (non-hydrogen) atoms. The van der Waals surface area contributed by atoms with Crippen molar-refractivity contribution < 1.29 is 4.79 Å². The van der Waals surface area contributed by atoms with Gasteiger partial charge in [0.1, 0.15) is 5.82 Å². The molecule has 4 heteroatoms. The quantitative estimate of drug-likeness (QED) is 0.705. The van der Waals surface area contributed by atoms with Gasteiger partial charge in [-0.2, -0.15) is 0 Å². The van der Waals surface area contributed by atoms with E-state index in [9.17, 15) is 4.79 Å². The van der Waals surface area contributed by atoms with E-state index in [1.807, 2.05) is 24.4 Å². The summed E-state index contributed by atoms with van der Waals surface area (Å²) in [5.74, 6) is 0.737. The van der Waals surface area contributed by atoms with Crippen LogP contribution in [-0.4, -0.2) is 16.3 Å². The standard InChI is InChI=1S/C10H8N2OS/c1-7-11-3-2-10(12-7)8-4-9(5-13)14-6-8/h2-6H,1H3. The van der Waals surface area contributed by atoms with E-state index < -0.39 is 0 Å². The molecule has 0 unspecified atom stereocenters. The van der Waals surface area contributed by atoms with Crippen molar-refractivity contribution in [2.24, 2.45) is 0 Å². The van der Waals surface area contributed by atoms with Gasteiger partial charge in [0.05, 0.1) is 10.6 Å². The lowest BCUT2D eigenvalue weighted by Gasteiger charge is -1.96. The van der Waals surface area contributed by atoms with Crippen LogP contribution < -0.4 is 0 Å². The van der Waals surface area contributed by atoms with Crippen LogP contribution in [0, 0.1) is 6.92 Å². The van der Waals surface area contributed by atoms with E-state index >= 15 is 0 Å². The third kappa shape index (κ3) is 1.70. The second kappa shape index (κ2) is 3.67. The summed E-state index contributed by atoms with van der Waals surface area (Å²) in [5.41, 5.74) is 1.84. The van der Waals surface area contributed by atoms with Crippen molar-refractivity contribution in [3.8, 4) is 11.3 Å². The van der Waals surface area contributed by atoms with Gasteiger partial charge in [0.15, 0.2) is 6.29 Å². The zero-order valence-corrected chi connectivity index (χ0v) is 8.41. The molecule has 0 saturated carbocycles.